The van der Waals surface area contributed by atoms with E-state index >= 15 is 0 Å². The van der Waals surface area contributed by atoms with Crippen LogP contribution in [0.15, 0.2) is 35.0 Å². The number of thiophene rings is 1. The van der Waals surface area contributed by atoms with Crippen molar-refractivity contribution in [2.24, 2.45) is 5.92 Å². The molecular formula is C26H35N3O3S. The molecule has 2 N–H and O–H groups in total. The van der Waals surface area contributed by atoms with E-state index in [4.69, 9.17) is 4.98 Å². The van der Waals surface area contributed by atoms with Gasteiger partial charge in [0.2, 0.25) is 0 Å². The Morgan fingerprint density at radius 1 is 1.15 bits per heavy atom. The minimum Gasteiger partial charge on any atom is -0.481 e. The van der Waals surface area contributed by atoms with Crippen LogP contribution in [0.3, 0.4) is 0 Å². The maximum Gasteiger partial charge on any atom is 0.305 e. The number of aromatic nitrogens is 2. The van der Waals surface area contributed by atoms with Gasteiger partial charge in [0.05, 0.1) is 17.5 Å². The lowest BCUT2D eigenvalue weighted by molar-refractivity contribution is -0.137. The van der Waals surface area contributed by atoms with E-state index in [1.54, 1.807) is 11.3 Å². The maximum atomic E-state index is 13.0. The molecule has 0 saturated heterocycles. The van der Waals surface area contributed by atoms with Crippen molar-refractivity contribution in [3.63, 3.8) is 0 Å². The summed E-state index contributed by atoms with van der Waals surface area (Å²) in [6.07, 6.45) is 4.28. The van der Waals surface area contributed by atoms with Crippen LogP contribution in [0.4, 0.5) is 0 Å². The number of amides is 1. The minimum atomic E-state index is -0.902. The van der Waals surface area contributed by atoms with Crippen molar-refractivity contribution in [2.45, 2.75) is 78.3 Å². The van der Waals surface area contributed by atoms with Crippen LogP contribution in [-0.4, -0.2) is 32.6 Å². The number of rotatable bonds is 12. The lowest BCUT2D eigenvalue weighted by Gasteiger charge is -2.20. The molecule has 2 atom stereocenters. The highest BCUT2D eigenvalue weighted by Gasteiger charge is 2.21. The van der Waals surface area contributed by atoms with Crippen molar-refractivity contribution in [1.82, 2.24) is 14.9 Å². The molecule has 1 unspecified atom stereocenters. The van der Waals surface area contributed by atoms with E-state index in [1.165, 1.54) is 5.56 Å². The number of fused-ring (bicyclic) bond motifs is 1. The van der Waals surface area contributed by atoms with Crippen LogP contribution in [0, 0.1) is 5.92 Å². The predicted octanol–water partition coefficient (Wildman–Crippen LogP) is 6.06. The number of hydrogen-bond acceptors (Lipinski definition) is 4. The van der Waals surface area contributed by atoms with Gasteiger partial charge in [-0.3, -0.25) is 9.59 Å². The summed E-state index contributed by atoms with van der Waals surface area (Å²) in [5, 5.41) is 16.4. The summed E-state index contributed by atoms with van der Waals surface area (Å²) in [6, 6.07) is 7.72. The molecule has 33 heavy (non-hydrogen) atoms. The van der Waals surface area contributed by atoms with Crippen molar-refractivity contribution in [3.8, 4) is 0 Å². The number of nitrogens with one attached hydrogen (secondary N) is 1. The number of nitrogens with zero attached hydrogens (tertiary/aromatic N) is 2. The zero-order valence-corrected chi connectivity index (χ0v) is 20.8. The minimum absolute atomic E-state index is 0.0770. The van der Waals surface area contributed by atoms with E-state index < -0.39 is 12.0 Å². The van der Waals surface area contributed by atoms with Crippen molar-refractivity contribution < 1.29 is 14.7 Å². The van der Waals surface area contributed by atoms with Gasteiger partial charge in [-0.2, -0.15) is 11.3 Å². The molecule has 3 aromatic rings. The Balaban J connectivity index is 1.91. The molecule has 0 saturated carbocycles. The molecule has 7 heteroatoms. The van der Waals surface area contributed by atoms with Crippen LogP contribution in [0.25, 0.3) is 11.0 Å². The van der Waals surface area contributed by atoms with E-state index in [0.29, 0.717) is 23.9 Å². The number of benzene rings is 1. The highest BCUT2D eigenvalue weighted by Crippen LogP contribution is 2.28. The molecular weight excluding hydrogens is 434 g/mol. The zero-order valence-electron chi connectivity index (χ0n) is 20.0. The van der Waals surface area contributed by atoms with E-state index in [2.05, 4.69) is 54.4 Å². The molecule has 2 aromatic heterocycles. The Hall–Kier alpha value is -2.67. The summed E-state index contributed by atoms with van der Waals surface area (Å²) in [6.45, 7) is 8.53. The summed E-state index contributed by atoms with van der Waals surface area (Å²) in [5.41, 5.74) is 3.59. The largest absolute Gasteiger partial charge is 0.481 e. The highest BCUT2D eigenvalue weighted by molar-refractivity contribution is 7.07. The topological polar surface area (TPSA) is 84.2 Å². The molecule has 1 aromatic carbocycles. The van der Waals surface area contributed by atoms with E-state index in [1.807, 2.05) is 18.2 Å². The zero-order chi connectivity index (χ0) is 24.0. The average Bonchev–Trinajstić information content (AvgIpc) is 3.42. The first-order valence-electron chi connectivity index (χ1n) is 11.9. The summed E-state index contributed by atoms with van der Waals surface area (Å²) in [5.74, 6) is 0.201. The summed E-state index contributed by atoms with van der Waals surface area (Å²) in [7, 11) is 0. The number of carbonyl (C=O) groups excluding carboxylic acids is 1. The van der Waals surface area contributed by atoms with Gasteiger partial charge in [0.1, 0.15) is 5.82 Å². The summed E-state index contributed by atoms with van der Waals surface area (Å²) >= 11 is 1.68. The fourth-order valence-electron chi connectivity index (χ4n) is 4.38. The Kier molecular flexibility index (Phi) is 8.67. The second kappa shape index (κ2) is 11.5. The molecule has 0 aliphatic heterocycles. The fraction of sp³-hybridized carbons (Fsp3) is 0.500. The lowest BCUT2D eigenvalue weighted by atomic mass is 9.97. The Bertz CT molecular complexity index is 1070. The number of carboxylic acid groups (broad SMARTS) is 1. The quantitative estimate of drug-likeness (QED) is 0.338. The Morgan fingerprint density at radius 3 is 2.52 bits per heavy atom. The van der Waals surface area contributed by atoms with Gasteiger partial charge in [0.25, 0.3) is 5.91 Å². The monoisotopic (exact) mass is 469 g/mol. The predicted molar refractivity (Wildman–Crippen MR) is 134 cm³/mol. The third-order valence-electron chi connectivity index (χ3n) is 6.41. The number of imidazole rings is 1. The van der Waals surface area contributed by atoms with Crippen LogP contribution < -0.4 is 5.32 Å². The molecule has 0 fully saturated rings. The fourth-order valence-corrected chi connectivity index (χ4v) is 5.05. The number of carboxylic acids is 1. The Labute approximate surface area is 200 Å². The SMILES string of the molecule is CCC(C)C[C@@H](CC(=O)O)NC(=O)c1ccc2c(c1)nc(Cc1ccsc1)n2C(CC)CC. The third kappa shape index (κ3) is 6.22. The third-order valence-corrected chi connectivity index (χ3v) is 7.15. The summed E-state index contributed by atoms with van der Waals surface area (Å²) in [4.78, 5) is 29.2. The molecule has 0 aliphatic carbocycles. The standard InChI is InChI=1S/C26H35N3O3S/c1-5-17(4)12-20(15-25(30)31)27-26(32)19-8-9-23-22(14-19)28-24(13-18-10-11-33-16-18)29(23)21(6-2)7-3/h8-11,14,16-17,20-21H,5-7,12-13,15H2,1-4H3,(H,27,32)(H,30,31)/t17?,20-/m0/s1. The van der Waals surface area contributed by atoms with E-state index in [0.717, 1.165) is 42.5 Å². The van der Waals surface area contributed by atoms with Gasteiger partial charge in [0, 0.05) is 24.1 Å². The molecule has 0 radical (unpaired) electrons. The van der Waals surface area contributed by atoms with Gasteiger partial charge < -0.3 is 15.0 Å². The van der Waals surface area contributed by atoms with Gasteiger partial charge in [-0.15, -0.1) is 0 Å². The molecule has 1 amide bonds. The molecule has 0 spiro atoms. The van der Waals surface area contributed by atoms with Crippen LogP contribution in [-0.2, 0) is 11.2 Å². The molecule has 2 heterocycles. The van der Waals surface area contributed by atoms with Crippen molar-refractivity contribution >= 4 is 34.2 Å². The lowest BCUT2D eigenvalue weighted by Crippen LogP contribution is -2.37. The van der Waals surface area contributed by atoms with Crippen LogP contribution in [0.5, 0.6) is 0 Å². The number of carbonyl (C=O) groups is 2. The van der Waals surface area contributed by atoms with Crippen molar-refractivity contribution in [3.05, 3.63) is 52.0 Å². The van der Waals surface area contributed by atoms with Gasteiger partial charge in [-0.05, 0) is 65.8 Å². The van der Waals surface area contributed by atoms with Crippen molar-refractivity contribution in [2.75, 3.05) is 0 Å². The van der Waals surface area contributed by atoms with Crippen LogP contribution in [0.2, 0.25) is 0 Å². The average molecular weight is 470 g/mol. The van der Waals surface area contributed by atoms with Gasteiger partial charge in [-0.25, -0.2) is 4.98 Å². The molecule has 3 rings (SSSR count). The molecule has 178 valence electrons. The van der Waals surface area contributed by atoms with Gasteiger partial charge in [0.15, 0.2) is 0 Å². The second-order valence-corrected chi connectivity index (χ2v) is 9.68. The van der Waals surface area contributed by atoms with E-state index in [9.17, 15) is 14.7 Å². The maximum absolute atomic E-state index is 13.0. The normalized spacial score (nSPS) is 13.4. The Morgan fingerprint density at radius 2 is 1.91 bits per heavy atom. The highest BCUT2D eigenvalue weighted by atomic mass is 32.1. The first kappa shape index (κ1) is 25.0. The van der Waals surface area contributed by atoms with Crippen LogP contribution >= 0.6 is 11.3 Å². The smallest absolute Gasteiger partial charge is 0.305 e. The first-order valence-corrected chi connectivity index (χ1v) is 12.8. The second-order valence-electron chi connectivity index (χ2n) is 8.90. The van der Waals surface area contributed by atoms with Crippen molar-refractivity contribution in [1.29, 1.82) is 0 Å². The molecule has 6 nitrogen and oxygen atoms in total. The molecule has 0 aliphatic rings. The van der Waals surface area contributed by atoms with Crippen LogP contribution in [0.1, 0.15) is 87.6 Å². The number of hydrogen-bond donors (Lipinski definition) is 2. The number of aliphatic carboxylic acids is 1. The summed E-state index contributed by atoms with van der Waals surface area (Å²) < 4.78 is 2.32. The molecule has 0 bridgehead atoms. The van der Waals surface area contributed by atoms with Gasteiger partial charge in [-0.1, -0.05) is 34.1 Å². The van der Waals surface area contributed by atoms with Gasteiger partial charge >= 0.3 is 5.97 Å². The first-order chi connectivity index (χ1) is 15.9. The van der Waals surface area contributed by atoms with E-state index in [-0.39, 0.29) is 12.3 Å².